The van der Waals surface area contributed by atoms with E-state index in [2.05, 4.69) is 25.8 Å². The van der Waals surface area contributed by atoms with Crippen LogP contribution < -0.4 is 0 Å². The van der Waals surface area contributed by atoms with E-state index >= 15 is 0 Å². The van der Waals surface area contributed by atoms with Gasteiger partial charge >= 0.3 is 0 Å². The Morgan fingerprint density at radius 2 is 1.71 bits per heavy atom. The zero-order chi connectivity index (χ0) is 16.1. The van der Waals surface area contributed by atoms with Crippen molar-refractivity contribution in [1.29, 1.82) is 0 Å². The van der Waals surface area contributed by atoms with Crippen molar-refractivity contribution in [3.8, 4) is 0 Å². The molecule has 0 radical (unpaired) electrons. The van der Waals surface area contributed by atoms with Gasteiger partial charge < -0.3 is 9.64 Å². The molecule has 0 saturated carbocycles. The van der Waals surface area contributed by atoms with Crippen molar-refractivity contribution < 1.29 is 9.53 Å². The van der Waals surface area contributed by atoms with Crippen LogP contribution in [0.4, 0.5) is 0 Å². The zero-order valence-corrected chi connectivity index (χ0v) is 15.0. The van der Waals surface area contributed by atoms with Crippen LogP contribution in [0.1, 0.15) is 66.2 Å². The van der Waals surface area contributed by atoms with E-state index in [9.17, 15) is 4.79 Å². The van der Waals surface area contributed by atoms with Crippen molar-refractivity contribution in [1.82, 2.24) is 4.90 Å². The van der Waals surface area contributed by atoms with Crippen molar-refractivity contribution in [2.45, 2.75) is 66.2 Å². The van der Waals surface area contributed by atoms with Gasteiger partial charge in [0.2, 0.25) is 0 Å². The van der Waals surface area contributed by atoms with Crippen LogP contribution in [0.3, 0.4) is 0 Å². The summed E-state index contributed by atoms with van der Waals surface area (Å²) in [6.07, 6.45) is 7.86. The summed E-state index contributed by atoms with van der Waals surface area (Å²) in [5.41, 5.74) is 0. The van der Waals surface area contributed by atoms with Gasteiger partial charge in [-0.1, -0.05) is 53.4 Å². The number of hydrogen-bond donors (Lipinski definition) is 0. The molecule has 0 aliphatic heterocycles. The maximum absolute atomic E-state index is 11.5. The number of ketones is 1. The molecule has 0 spiro atoms. The lowest BCUT2D eigenvalue weighted by Gasteiger charge is -2.19. The van der Waals surface area contributed by atoms with Gasteiger partial charge in [-0.05, 0) is 38.9 Å². The summed E-state index contributed by atoms with van der Waals surface area (Å²) < 4.78 is 5.51. The van der Waals surface area contributed by atoms with Gasteiger partial charge in [-0.3, -0.25) is 4.79 Å². The molecule has 1 atom stereocenters. The van der Waals surface area contributed by atoms with Crippen LogP contribution >= 0.6 is 0 Å². The highest BCUT2D eigenvalue weighted by molar-refractivity contribution is 5.81. The van der Waals surface area contributed by atoms with E-state index in [4.69, 9.17) is 4.74 Å². The standard InChI is InChI=1S/C18H37NO2/c1-6-7-8-9-10-12-19(5)13-11-17(4)14-21-15-18(20)16(2)3/h16-17H,6-15H2,1-5H3. The first-order valence-electron chi connectivity index (χ1n) is 8.76. The Morgan fingerprint density at radius 3 is 2.33 bits per heavy atom. The Balaban J connectivity index is 3.50. The number of nitrogens with zero attached hydrogens (tertiary/aromatic N) is 1. The lowest BCUT2D eigenvalue weighted by molar-refractivity contribution is -0.126. The first kappa shape index (κ1) is 20.6. The summed E-state index contributed by atoms with van der Waals surface area (Å²) in [5, 5.41) is 0. The molecule has 0 saturated heterocycles. The number of Topliss-reactive ketones (excluding diaryl/α,β-unsaturated/α-hetero) is 1. The van der Waals surface area contributed by atoms with Crippen LogP contribution in [0.15, 0.2) is 0 Å². The maximum atomic E-state index is 11.5. The summed E-state index contributed by atoms with van der Waals surface area (Å²) >= 11 is 0. The van der Waals surface area contributed by atoms with Gasteiger partial charge in [0.1, 0.15) is 6.61 Å². The number of carbonyl (C=O) groups is 1. The molecule has 0 aromatic rings. The number of unbranched alkanes of at least 4 members (excludes halogenated alkanes) is 4. The molecule has 0 aromatic carbocycles. The van der Waals surface area contributed by atoms with Crippen molar-refractivity contribution in [2.75, 3.05) is 33.4 Å². The van der Waals surface area contributed by atoms with E-state index in [0.717, 1.165) is 13.0 Å². The molecule has 126 valence electrons. The van der Waals surface area contributed by atoms with Gasteiger partial charge in [0.05, 0.1) is 0 Å². The van der Waals surface area contributed by atoms with Crippen LogP contribution in [0.25, 0.3) is 0 Å². The maximum Gasteiger partial charge on any atom is 0.160 e. The Labute approximate surface area is 132 Å². The fourth-order valence-electron chi connectivity index (χ4n) is 2.15. The second-order valence-electron chi connectivity index (χ2n) is 6.75. The number of ether oxygens (including phenoxy) is 1. The number of rotatable bonds is 14. The van der Waals surface area contributed by atoms with E-state index < -0.39 is 0 Å². The quantitative estimate of drug-likeness (QED) is 0.451. The molecule has 0 N–H and O–H groups in total. The summed E-state index contributed by atoms with van der Waals surface area (Å²) in [5.74, 6) is 0.804. The molecule has 3 nitrogen and oxygen atoms in total. The predicted molar refractivity (Wildman–Crippen MR) is 90.7 cm³/mol. The number of hydrogen-bond acceptors (Lipinski definition) is 3. The zero-order valence-electron chi connectivity index (χ0n) is 15.0. The van der Waals surface area contributed by atoms with Gasteiger partial charge in [0.25, 0.3) is 0 Å². The molecule has 0 aliphatic carbocycles. The molecule has 1 unspecified atom stereocenters. The van der Waals surface area contributed by atoms with Crippen LogP contribution in [-0.2, 0) is 9.53 Å². The summed E-state index contributed by atoms with van der Waals surface area (Å²) in [7, 11) is 2.20. The third kappa shape index (κ3) is 13.0. The van der Waals surface area contributed by atoms with Crippen molar-refractivity contribution in [3.63, 3.8) is 0 Å². The van der Waals surface area contributed by atoms with Gasteiger partial charge in [0.15, 0.2) is 5.78 Å². The van der Waals surface area contributed by atoms with Crippen LogP contribution in [0.5, 0.6) is 0 Å². The third-order valence-corrected chi connectivity index (χ3v) is 3.94. The highest BCUT2D eigenvalue weighted by Crippen LogP contribution is 2.07. The average molecular weight is 299 g/mol. The average Bonchev–Trinajstić information content (AvgIpc) is 2.44. The molecule has 0 rings (SSSR count). The van der Waals surface area contributed by atoms with Crippen molar-refractivity contribution in [2.24, 2.45) is 11.8 Å². The minimum Gasteiger partial charge on any atom is -0.373 e. The molecule has 0 bridgehead atoms. The molecule has 0 aromatic heterocycles. The van der Waals surface area contributed by atoms with E-state index in [-0.39, 0.29) is 18.3 Å². The van der Waals surface area contributed by atoms with Gasteiger partial charge in [0, 0.05) is 12.5 Å². The number of carbonyl (C=O) groups excluding carboxylic acids is 1. The van der Waals surface area contributed by atoms with E-state index in [1.807, 2.05) is 13.8 Å². The molecule has 0 amide bonds. The Kier molecular flexibility index (Phi) is 13.0. The second kappa shape index (κ2) is 13.3. The molecular formula is C18H37NO2. The molecule has 0 aliphatic rings. The molecular weight excluding hydrogens is 262 g/mol. The topological polar surface area (TPSA) is 29.5 Å². The van der Waals surface area contributed by atoms with E-state index in [1.54, 1.807) is 0 Å². The Morgan fingerprint density at radius 1 is 1.05 bits per heavy atom. The first-order chi connectivity index (χ1) is 9.97. The SMILES string of the molecule is CCCCCCCN(C)CCC(C)COCC(=O)C(C)C. The lowest BCUT2D eigenvalue weighted by atomic mass is 10.1. The molecule has 21 heavy (non-hydrogen) atoms. The summed E-state index contributed by atoms with van der Waals surface area (Å²) in [6, 6.07) is 0. The van der Waals surface area contributed by atoms with Crippen LogP contribution in [0, 0.1) is 11.8 Å². The fraction of sp³-hybridized carbons (Fsp3) is 0.944. The summed E-state index contributed by atoms with van der Waals surface area (Å²) in [4.78, 5) is 13.9. The predicted octanol–water partition coefficient (Wildman–Crippen LogP) is 4.16. The first-order valence-corrected chi connectivity index (χ1v) is 8.76. The lowest BCUT2D eigenvalue weighted by Crippen LogP contribution is -2.24. The van der Waals surface area contributed by atoms with E-state index in [1.165, 1.54) is 38.6 Å². The van der Waals surface area contributed by atoms with Crippen molar-refractivity contribution in [3.05, 3.63) is 0 Å². The van der Waals surface area contributed by atoms with Gasteiger partial charge in [-0.2, -0.15) is 0 Å². The van der Waals surface area contributed by atoms with Crippen LogP contribution in [0.2, 0.25) is 0 Å². The monoisotopic (exact) mass is 299 g/mol. The minimum atomic E-state index is 0.0825. The third-order valence-electron chi connectivity index (χ3n) is 3.94. The molecule has 3 heteroatoms. The van der Waals surface area contributed by atoms with Crippen molar-refractivity contribution >= 4 is 5.78 Å². The Hall–Kier alpha value is -0.410. The minimum absolute atomic E-state index is 0.0825. The molecule has 0 fully saturated rings. The van der Waals surface area contributed by atoms with Crippen LogP contribution in [-0.4, -0.2) is 44.0 Å². The Bertz CT molecular complexity index is 254. The molecule has 0 heterocycles. The fourth-order valence-corrected chi connectivity index (χ4v) is 2.15. The van der Waals surface area contributed by atoms with Gasteiger partial charge in [-0.25, -0.2) is 0 Å². The normalized spacial score (nSPS) is 13.1. The summed E-state index contributed by atoms with van der Waals surface area (Å²) in [6.45, 7) is 11.6. The van der Waals surface area contributed by atoms with Gasteiger partial charge in [-0.15, -0.1) is 0 Å². The smallest absolute Gasteiger partial charge is 0.160 e. The highest BCUT2D eigenvalue weighted by atomic mass is 16.5. The largest absolute Gasteiger partial charge is 0.373 e. The van der Waals surface area contributed by atoms with E-state index in [0.29, 0.717) is 12.5 Å². The highest BCUT2D eigenvalue weighted by Gasteiger charge is 2.09. The second-order valence-corrected chi connectivity index (χ2v) is 6.75.